The summed E-state index contributed by atoms with van der Waals surface area (Å²) in [5, 5.41) is 0. The molecule has 0 spiro atoms. The largest absolute Gasteiger partial charge is 0.416 e. The summed E-state index contributed by atoms with van der Waals surface area (Å²) in [4.78, 5) is 0. The van der Waals surface area contributed by atoms with Crippen LogP contribution in [0.2, 0.25) is 0 Å². The molecule has 0 atom stereocenters. The van der Waals surface area contributed by atoms with Crippen LogP contribution in [0.3, 0.4) is 0 Å². The molecule has 98 heavy (non-hydrogen) atoms. The molecule has 0 fully saturated rings. The molecule has 0 saturated carbocycles. The van der Waals surface area contributed by atoms with Gasteiger partial charge in [0, 0.05) is 0 Å². The van der Waals surface area contributed by atoms with Gasteiger partial charge in [-0.3, -0.25) is 0 Å². The number of unbranched alkanes of at least 4 members (excludes halogenated alkanes) is 28. The summed E-state index contributed by atoms with van der Waals surface area (Å²) in [5.74, 6) is 0. The molecule has 0 amide bonds. The number of alkyl halides is 24. The minimum absolute atomic E-state index is 0.691. The fraction of sp³-hybridized carbons (Fsp3) is 0.667. The third kappa shape index (κ3) is 29.3. The van der Waals surface area contributed by atoms with Gasteiger partial charge < -0.3 is 4.48 Å². The van der Waals surface area contributed by atoms with E-state index in [0.29, 0.717) is 0 Å². The van der Waals surface area contributed by atoms with E-state index in [0.717, 1.165) is 0 Å². The second-order valence-electron chi connectivity index (χ2n) is 26.4. The first-order chi connectivity index (χ1) is 45.5. The number of hydrogen-bond acceptors (Lipinski definition) is 0. The molecule has 0 aromatic heterocycles. The lowest BCUT2D eigenvalue weighted by atomic mass is 9.12. The maximum atomic E-state index is 14.2. The maximum Gasteiger partial charge on any atom is 0.416 e. The van der Waals surface area contributed by atoms with Crippen molar-refractivity contribution in [1.29, 1.82) is 0 Å². The van der Waals surface area contributed by atoms with Gasteiger partial charge in [0.2, 0.25) is 0 Å². The van der Waals surface area contributed by atoms with Gasteiger partial charge in [0.15, 0.2) is 0 Å². The highest BCUT2D eigenvalue weighted by Gasteiger charge is 2.47. The Morgan fingerprint density at radius 2 is 0.327 bits per heavy atom. The van der Waals surface area contributed by atoms with Gasteiger partial charge in [-0.1, -0.05) is 237 Å². The number of benzene rings is 4. The van der Waals surface area contributed by atoms with E-state index >= 15 is 0 Å². The summed E-state index contributed by atoms with van der Waals surface area (Å²) in [7, 11) is 0. The standard InChI is InChI=1S/C40H84N.C32H12BF24/c1-5-9-13-16-19-22-25-28-31-34-38-41(37-12-8-4,39-35-32-29-26-23-20-17-14-10-6-2)40-36-33-30-27-24-21-18-15-11-7-3;34-25(35,36)13-1-14(26(37,38)39)6-21(5-13)33(22-7-15(27(40,41)42)2-16(8-22)28(43,44)45,23-9-17(29(46,47)48)3-18(10-23)30(49,50)51)24-11-19(31(52,53)54)4-20(12-24)32(55,56)57/h5-40H2,1-4H3;1-12H/q+1;-1. The van der Waals surface area contributed by atoms with Gasteiger partial charge in [-0.2, -0.15) is 127 Å². The Morgan fingerprint density at radius 3 is 0.469 bits per heavy atom. The molecular weight excluding hydrogens is 1350 g/mol. The molecule has 0 aliphatic rings. The Kier molecular flexibility index (Phi) is 35.3. The zero-order valence-corrected chi connectivity index (χ0v) is 56.5. The molecule has 0 aliphatic heterocycles. The van der Waals surface area contributed by atoms with Crippen molar-refractivity contribution in [2.75, 3.05) is 26.2 Å². The average molecular weight is 1440 g/mol. The molecule has 560 valence electrons. The Balaban J connectivity index is 0.000000541. The van der Waals surface area contributed by atoms with Crippen LogP contribution < -0.4 is 21.9 Å². The molecule has 0 saturated heterocycles. The van der Waals surface area contributed by atoms with Gasteiger partial charge in [0.1, 0.15) is 6.15 Å². The van der Waals surface area contributed by atoms with Crippen LogP contribution in [0, 0.1) is 0 Å². The summed E-state index contributed by atoms with van der Waals surface area (Å²) in [6.45, 7) is 15.3. The lowest BCUT2D eigenvalue weighted by molar-refractivity contribution is -0.929. The summed E-state index contributed by atoms with van der Waals surface area (Å²) in [6, 6.07) is -8.81. The van der Waals surface area contributed by atoms with E-state index in [-0.39, 0.29) is 0 Å². The molecule has 0 N–H and O–H groups in total. The average Bonchev–Trinajstić information content (AvgIpc) is 0.709. The van der Waals surface area contributed by atoms with Crippen LogP contribution in [-0.2, 0) is 49.4 Å². The minimum atomic E-state index is -6.13. The van der Waals surface area contributed by atoms with Crippen molar-refractivity contribution in [1.82, 2.24) is 0 Å². The van der Waals surface area contributed by atoms with Crippen molar-refractivity contribution in [2.24, 2.45) is 0 Å². The highest BCUT2D eigenvalue weighted by atomic mass is 19.4. The van der Waals surface area contributed by atoms with Crippen molar-refractivity contribution in [2.45, 2.75) is 283 Å². The highest BCUT2D eigenvalue weighted by molar-refractivity contribution is 7.20. The fourth-order valence-corrected chi connectivity index (χ4v) is 13.0. The van der Waals surface area contributed by atoms with Crippen molar-refractivity contribution < 1.29 is 110 Å². The molecule has 0 heterocycles. The molecule has 4 aromatic rings. The van der Waals surface area contributed by atoms with Crippen LogP contribution in [0.4, 0.5) is 105 Å². The predicted molar refractivity (Wildman–Crippen MR) is 340 cm³/mol. The first-order valence-corrected chi connectivity index (χ1v) is 34.7. The Labute approximate surface area is 562 Å². The number of quaternary nitrogens is 1. The monoisotopic (exact) mass is 1440 g/mol. The molecule has 1 nitrogen and oxygen atoms in total. The molecule has 0 radical (unpaired) electrons. The second-order valence-corrected chi connectivity index (χ2v) is 26.4. The van der Waals surface area contributed by atoms with Crippen molar-refractivity contribution >= 4 is 28.0 Å². The number of rotatable bonds is 40. The smallest absolute Gasteiger partial charge is 0.324 e. The second kappa shape index (κ2) is 39.6. The zero-order chi connectivity index (χ0) is 73.9. The Morgan fingerprint density at radius 1 is 0.194 bits per heavy atom. The van der Waals surface area contributed by atoms with Gasteiger partial charge in [0.25, 0.3) is 0 Å². The normalized spacial score (nSPS) is 13.3. The minimum Gasteiger partial charge on any atom is -0.324 e. The van der Waals surface area contributed by atoms with Crippen molar-refractivity contribution in [3.8, 4) is 0 Å². The lowest BCUT2D eigenvalue weighted by Crippen LogP contribution is -2.75. The van der Waals surface area contributed by atoms with E-state index in [1.807, 2.05) is 0 Å². The van der Waals surface area contributed by atoms with Gasteiger partial charge in [0.05, 0.1) is 70.7 Å². The third-order valence-electron chi connectivity index (χ3n) is 18.4. The van der Waals surface area contributed by atoms with E-state index in [4.69, 9.17) is 0 Å². The topological polar surface area (TPSA) is 0 Å². The number of halogens is 24. The highest BCUT2D eigenvalue weighted by Crippen LogP contribution is 2.42. The van der Waals surface area contributed by atoms with Crippen LogP contribution in [-0.4, -0.2) is 36.8 Å². The van der Waals surface area contributed by atoms with E-state index in [1.54, 1.807) is 0 Å². The Bertz CT molecular complexity index is 2410. The van der Waals surface area contributed by atoms with Crippen LogP contribution in [0.5, 0.6) is 0 Å². The zero-order valence-electron chi connectivity index (χ0n) is 56.5. The molecule has 4 rings (SSSR count). The first-order valence-electron chi connectivity index (χ1n) is 34.7. The lowest BCUT2D eigenvalue weighted by Gasteiger charge is -2.46. The first kappa shape index (κ1) is 87.4. The quantitative estimate of drug-likeness (QED) is 0.0180. The van der Waals surface area contributed by atoms with Crippen LogP contribution >= 0.6 is 0 Å². The van der Waals surface area contributed by atoms with Crippen molar-refractivity contribution in [3.05, 3.63) is 117 Å². The van der Waals surface area contributed by atoms with E-state index in [2.05, 4.69) is 27.7 Å². The van der Waals surface area contributed by atoms with Crippen LogP contribution in [0.1, 0.15) is 278 Å². The number of hydrogen-bond donors (Lipinski definition) is 0. The molecule has 4 aromatic carbocycles. The van der Waals surface area contributed by atoms with Gasteiger partial charge in [-0.05, 0) is 69.2 Å². The summed E-state index contributed by atoms with van der Waals surface area (Å²) < 4.78 is 342. The number of nitrogens with zero attached hydrogens (tertiary/aromatic N) is 1. The van der Waals surface area contributed by atoms with E-state index in [9.17, 15) is 105 Å². The van der Waals surface area contributed by atoms with E-state index < -0.39 is 195 Å². The molecule has 0 bridgehead atoms. The Hall–Kier alpha value is -4.78. The summed E-state index contributed by atoms with van der Waals surface area (Å²) in [5.41, 5.74) is -30.2. The SMILES string of the molecule is CCCCCCCCCCCC[N+](CCCC)(CCCCCCCCCCCC)CCCCCCCCCCCC.FC(F)(F)c1cc([B-](c2cc(C(F)(F)F)cc(C(F)(F)F)c2)(c2cc(C(F)(F)F)cc(C(F)(F)F)c2)c2cc(C(F)(F)F)cc(C(F)(F)F)c2)cc(C(F)(F)F)c1. The summed E-state index contributed by atoms with van der Waals surface area (Å²) in [6.07, 6.45) is -8.06. The maximum absolute atomic E-state index is 14.2. The molecular formula is C72H96BF24N. The van der Waals surface area contributed by atoms with Crippen LogP contribution in [0.25, 0.3) is 0 Å². The van der Waals surface area contributed by atoms with Gasteiger partial charge in [-0.25, -0.2) is 0 Å². The van der Waals surface area contributed by atoms with Crippen molar-refractivity contribution in [3.63, 3.8) is 0 Å². The molecule has 0 aliphatic carbocycles. The summed E-state index contributed by atoms with van der Waals surface area (Å²) >= 11 is 0. The third-order valence-corrected chi connectivity index (χ3v) is 18.4. The molecule has 0 unspecified atom stereocenters. The van der Waals surface area contributed by atoms with E-state index in [1.165, 1.54) is 236 Å². The molecule has 26 heteroatoms. The van der Waals surface area contributed by atoms with Crippen LogP contribution in [0.15, 0.2) is 72.8 Å². The van der Waals surface area contributed by atoms with Gasteiger partial charge in [-0.15, -0.1) is 0 Å². The van der Waals surface area contributed by atoms with Gasteiger partial charge >= 0.3 is 49.4 Å². The predicted octanol–water partition coefficient (Wildman–Crippen LogP) is 25.6. The fourth-order valence-electron chi connectivity index (χ4n) is 13.0.